The number of hydrogen-bond acceptors (Lipinski definition) is 3. The van der Waals surface area contributed by atoms with E-state index in [1.54, 1.807) is 24.3 Å². The monoisotopic (exact) mass is 406 g/mol. The number of anilines is 2. The van der Waals surface area contributed by atoms with E-state index in [0.717, 1.165) is 17.7 Å². The molecule has 4 rings (SSSR count). The molecule has 1 unspecified atom stereocenters. The van der Waals surface area contributed by atoms with Crippen molar-refractivity contribution in [3.05, 3.63) is 83.8 Å². The summed E-state index contributed by atoms with van der Waals surface area (Å²) < 4.78 is 12.6. The van der Waals surface area contributed by atoms with E-state index in [1.165, 1.54) is 10.0 Å². The molecule has 1 aliphatic heterocycles. The Morgan fingerprint density at radius 1 is 0.828 bits per heavy atom. The number of benzene rings is 2. The van der Waals surface area contributed by atoms with Gasteiger partial charge in [0.05, 0.1) is 22.2 Å². The summed E-state index contributed by atoms with van der Waals surface area (Å²) in [5.41, 5.74) is 1.27. The Labute approximate surface area is 172 Å². The van der Waals surface area contributed by atoms with Crippen LogP contribution in [0.15, 0.2) is 83.8 Å². The first-order chi connectivity index (χ1) is 14.2. The van der Waals surface area contributed by atoms with Gasteiger partial charge in [-0.1, -0.05) is 54.6 Å². The highest BCUT2D eigenvalue weighted by Crippen LogP contribution is 2.33. The molecule has 0 bridgehead atoms. The van der Waals surface area contributed by atoms with Crippen molar-refractivity contribution in [1.82, 2.24) is 0 Å². The molecule has 6 heteroatoms. The van der Waals surface area contributed by atoms with Gasteiger partial charge in [-0.25, -0.2) is 10.0 Å². The summed E-state index contributed by atoms with van der Waals surface area (Å²) in [5.74, 6) is -1.12. The van der Waals surface area contributed by atoms with E-state index >= 15 is 0 Å². The van der Waals surface area contributed by atoms with Crippen molar-refractivity contribution < 1.29 is 13.8 Å². The first-order valence-electron chi connectivity index (χ1n) is 9.70. The molecule has 0 spiro atoms. The van der Waals surface area contributed by atoms with Crippen molar-refractivity contribution in [3.8, 4) is 0 Å². The Hall–Kier alpha value is -2.99. The van der Waals surface area contributed by atoms with Crippen LogP contribution in [-0.4, -0.2) is 21.8 Å². The second kappa shape index (κ2) is 8.57. The number of para-hydroxylation sites is 2. The van der Waals surface area contributed by atoms with Gasteiger partial charge in [-0.15, -0.1) is 0 Å². The van der Waals surface area contributed by atoms with E-state index < -0.39 is 16.7 Å². The van der Waals surface area contributed by atoms with Crippen molar-refractivity contribution in [2.45, 2.75) is 19.3 Å². The molecule has 2 aliphatic rings. The lowest BCUT2D eigenvalue weighted by Crippen LogP contribution is -2.41. The van der Waals surface area contributed by atoms with E-state index in [2.05, 4.69) is 0 Å². The molecule has 0 N–H and O–H groups in total. The zero-order valence-corrected chi connectivity index (χ0v) is 16.8. The fourth-order valence-electron chi connectivity index (χ4n) is 3.57. The Kier molecular flexibility index (Phi) is 5.71. The molecule has 1 saturated heterocycles. The quantitative estimate of drug-likeness (QED) is 0.682. The number of nitrogens with zero attached hydrogens (tertiary/aromatic N) is 2. The predicted molar refractivity (Wildman–Crippen MR) is 115 cm³/mol. The number of rotatable bonds is 6. The molecule has 1 fully saturated rings. The van der Waals surface area contributed by atoms with Gasteiger partial charge in [-0.3, -0.25) is 13.8 Å². The maximum Gasteiger partial charge on any atom is 0.258 e. The molecule has 1 heterocycles. The molecule has 2 amide bonds. The van der Waals surface area contributed by atoms with E-state index in [-0.39, 0.29) is 24.0 Å². The van der Waals surface area contributed by atoms with Gasteiger partial charge in [-0.2, -0.15) is 0 Å². The molecule has 0 saturated carbocycles. The van der Waals surface area contributed by atoms with Gasteiger partial charge in [-0.05, 0) is 43.5 Å². The Bertz CT molecular complexity index is 928. The summed E-state index contributed by atoms with van der Waals surface area (Å²) in [6.45, 7) is 0. The Morgan fingerprint density at radius 2 is 1.38 bits per heavy atom. The Morgan fingerprint density at radius 3 is 1.86 bits per heavy atom. The molecule has 1 atom stereocenters. The standard InChI is InChI=1S/C23H22N2O3S/c26-22-21(16-17-29(28)20-14-8-3-9-15-20)23(27)25(19-12-6-2-7-13-19)24(22)18-10-4-1-5-11-18/h1-2,4-8,10-15,21H,3,9,16-17H2. The minimum Gasteiger partial charge on any atom is -0.272 e. The van der Waals surface area contributed by atoms with E-state index in [4.69, 9.17) is 0 Å². The zero-order valence-electron chi connectivity index (χ0n) is 15.9. The highest BCUT2D eigenvalue weighted by atomic mass is 32.2. The number of hydrazine groups is 1. The third-order valence-corrected chi connectivity index (χ3v) is 6.47. The van der Waals surface area contributed by atoms with Crippen LogP contribution in [0.1, 0.15) is 19.3 Å². The molecule has 2 aromatic carbocycles. The summed E-state index contributed by atoms with van der Waals surface area (Å²) >= 11 is 0. The number of allylic oxidation sites excluding steroid dienone is 3. The second-order valence-corrected chi connectivity index (χ2v) is 8.52. The van der Waals surface area contributed by atoms with Gasteiger partial charge in [0.25, 0.3) is 11.8 Å². The molecule has 29 heavy (non-hydrogen) atoms. The fourth-order valence-corrected chi connectivity index (χ4v) is 4.81. The van der Waals surface area contributed by atoms with E-state index in [1.807, 2.05) is 54.6 Å². The van der Waals surface area contributed by atoms with Gasteiger partial charge >= 0.3 is 0 Å². The van der Waals surface area contributed by atoms with Crippen LogP contribution in [0.2, 0.25) is 0 Å². The summed E-state index contributed by atoms with van der Waals surface area (Å²) in [6.07, 6.45) is 7.95. The van der Waals surface area contributed by atoms with Gasteiger partial charge in [0.1, 0.15) is 5.92 Å². The third kappa shape index (κ3) is 3.93. The summed E-state index contributed by atoms with van der Waals surface area (Å²) in [5, 5.41) is 2.87. The largest absolute Gasteiger partial charge is 0.272 e. The van der Waals surface area contributed by atoms with Crippen molar-refractivity contribution in [2.75, 3.05) is 15.8 Å². The van der Waals surface area contributed by atoms with Crippen LogP contribution in [-0.2, 0) is 20.4 Å². The lowest BCUT2D eigenvalue weighted by molar-refractivity contribution is -0.127. The van der Waals surface area contributed by atoms with E-state index in [9.17, 15) is 13.8 Å². The fraction of sp³-hybridized carbons (Fsp3) is 0.217. The maximum absolute atomic E-state index is 13.2. The Balaban J connectivity index is 1.59. The van der Waals surface area contributed by atoms with Gasteiger partial charge < -0.3 is 0 Å². The smallest absolute Gasteiger partial charge is 0.258 e. The minimum atomic E-state index is -1.21. The predicted octanol–water partition coefficient (Wildman–Crippen LogP) is 3.97. The topological polar surface area (TPSA) is 57.7 Å². The molecule has 0 radical (unpaired) electrons. The number of carbonyl (C=O) groups is 2. The van der Waals surface area contributed by atoms with Crippen LogP contribution in [0.3, 0.4) is 0 Å². The molecule has 2 aromatic rings. The van der Waals surface area contributed by atoms with Crippen LogP contribution >= 0.6 is 0 Å². The molecule has 148 valence electrons. The lowest BCUT2D eigenvalue weighted by Gasteiger charge is -2.27. The van der Waals surface area contributed by atoms with Gasteiger partial charge in [0.15, 0.2) is 0 Å². The molecule has 5 nitrogen and oxygen atoms in total. The van der Waals surface area contributed by atoms with Crippen LogP contribution in [0.5, 0.6) is 0 Å². The van der Waals surface area contributed by atoms with Gasteiger partial charge in [0, 0.05) is 10.7 Å². The number of hydrogen-bond donors (Lipinski definition) is 0. The zero-order chi connectivity index (χ0) is 20.2. The van der Waals surface area contributed by atoms with E-state index in [0.29, 0.717) is 11.4 Å². The van der Waals surface area contributed by atoms with Crippen molar-refractivity contribution in [1.29, 1.82) is 0 Å². The summed E-state index contributed by atoms with van der Waals surface area (Å²) in [7, 11) is -1.21. The van der Waals surface area contributed by atoms with Crippen LogP contribution in [0, 0.1) is 5.92 Å². The average molecular weight is 407 g/mol. The highest BCUT2D eigenvalue weighted by molar-refractivity contribution is 7.89. The maximum atomic E-state index is 13.2. The van der Waals surface area contributed by atoms with Crippen LogP contribution in [0.4, 0.5) is 11.4 Å². The summed E-state index contributed by atoms with van der Waals surface area (Å²) in [4.78, 5) is 27.2. The minimum absolute atomic E-state index is 0.252. The molecule has 1 aliphatic carbocycles. The molecular formula is C23H22N2O3S. The van der Waals surface area contributed by atoms with Crippen LogP contribution < -0.4 is 10.0 Å². The first-order valence-corrected chi connectivity index (χ1v) is 11.0. The molecular weight excluding hydrogens is 384 g/mol. The average Bonchev–Trinajstić information content (AvgIpc) is 3.03. The van der Waals surface area contributed by atoms with Gasteiger partial charge in [0.2, 0.25) is 0 Å². The number of carbonyl (C=O) groups excluding carboxylic acids is 2. The van der Waals surface area contributed by atoms with Crippen molar-refractivity contribution in [3.63, 3.8) is 0 Å². The second-order valence-electron chi connectivity index (χ2n) is 6.95. The third-order valence-electron chi connectivity index (χ3n) is 5.03. The van der Waals surface area contributed by atoms with Crippen LogP contribution in [0.25, 0.3) is 0 Å². The lowest BCUT2D eigenvalue weighted by atomic mass is 10.1. The first kappa shape index (κ1) is 19.3. The van der Waals surface area contributed by atoms with Crippen molar-refractivity contribution >= 4 is 34.0 Å². The summed E-state index contributed by atoms with van der Waals surface area (Å²) in [6, 6.07) is 18.3. The SMILES string of the molecule is O=C1C(CCS(=O)C2=CCCC=C2)C(=O)N(c2ccccc2)N1c1ccccc1. The highest BCUT2D eigenvalue weighted by Gasteiger charge is 2.46. The van der Waals surface area contributed by atoms with Crippen molar-refractivity contribution in [2.24, 2.45) is 5.92 Å². The normalized spacial score (nSPS) is 18.3. The molecule has 0 aromatic heterocycles. The number of amides is 2.